The van der Waals surface area contributed by atoms with Crippen LogP contribution in [0.5, 0.6) is 0 Å². The van der Waals surface area contributed by atoms with Gasteiger partial charge in [-0.15, -0.1) is 11.3 Å². The number of halogens is 1. The third-order valence-corrected chi connectivity index (χ3v) is 4.96. The Bertz CT molecular complexity index is 767. The summed E-state index contributed by atoms with van der Waals surface area (Å²) in [6.07, 6.45) is 0.815. The molecule has 0 aliphatic rings. The average molecular weight is 316 g/mol. The zero-order valence-electron chi connectivity index (χ0n) is 11.3. The first-order valence-corrected chi connectivity index (χ1v) is 7.94. The second-order valence-corrected chi connectivity index (χ2v) is 6.16. The van der Waals surface area contributed by atoms with Crippen molar-refractivity contribution in [3.8, 4) is 0 Å². The summed E-state index contributed by atoms with van der Waals surface area (Å²) < 4.78 is 1.04. The first-order valence-electron chi connectivity index (χ1n) is 6.75. The van der Waals surface area contributed by atoms with E-state index in [1.165, 1.54) is 16.9 Å². The number of hydrogen-bond donors (Lipinski definition) is 1. The molecule has 0 saturated carbocycles. The molecule has 1 N–H and O–H groups in total. The Morgan fingerprint density at radius 2 is 1.76 bits per heavy atom. The van der Waals surface area contributed by atoms with E-state index < -0.39 is 0 Å². The number of nitrogens with one attached hydrogen (secondary N) is 1. The van der Waals surface area contributed by atoms with Crippen molar-refractivity contribution in [2.45, 2.75) is 6.42 Å². The smallest absolute Gasteiger partial charge is 0.262 e. The van der Waals surface area contributed by atoms with Gasteiger partial charge in [-0.2, -0.15) is 0 Å². The molecule has 0 saturated heterocycles. The molecule has 0 bridgehead atoms. The molecule has 0 fully saturated rings. The highest BCUT2D eigenvalue weighted by Crippen LogP contribution is 2.34. The molecule has 0 unspecified atom stereocenters. The van der Waals surface area contributed by atoms with E-state index in [0.29, 0.717) is 16.4 Å². The largest absolute Gasteiger partial charge is 0.351 e. The standard InChI is InChI=1S/C17H14ClNOS/c18-15-13-8-4-5-9-14(13)21-16(15)17(20)19-11-10-12-6-2-1-3-7-12/h1-9H,10-11H2,(H,19,20). The van der Waals surface area contributed by atoms with Gasteiger partial charge in [-0.3, -0.25) is 4.79 Å². The molecule has 3 rings (SSSR count). The van der Waals surface area contributed by atoms with Crippen LogP contribution >= 0.6 is 22.9 Å². The summed E-state index contributed by atoms with van der Waals surface area (Å²) in [5.74, 6) is -0.0999. The highest BCUT2D eigenvalue weighted by molar-refractivity contribution is 7.21. The Labute approximate surface area is 132 Å². The average Bonchev–Trinajstić information content (AvgIpc) is 2.86. The van der Waals surface area contributed by atoms with Crippen LogP contribution in [0.25, 0.3) is 10.1 Å². The van der Waals surface area contributed by atoms with E-state index in [0.717, 1.165) is 16.5 Å². The molecular weight excluding hydrogens is 302 g/mol. The van der Waals surface area contributed by atoms with Gasteiger partial charge < -0.3 is 5.32 Å². The summed E-state index contributed by atoms with van der Waals surface area (Å²) in [6.45, 7) is 0.605. The van der Waals surface area contributed by atoms with Crippen LogP contribution in [-0.4, -0.2) is 12.5 Å². The van der Waals surface area contributed by atoms with E-state index in [1.54, 1.807) is 0 Å². The fourth-order valence-corrected chi connectivity index (χ4v) is 3.64. The van der Waals surface area contributed by atoms with Crippen molar-refractivity contribution in [3.05, 3.63) is 70.1 Å². The Balaban J connectivity index is 1.68. The number of fused-ring (bicyclic) bond motifs is 1. The highest BCUT2D eigenvalue weighted by Gasteiger charge is 2.16. The summed E-state index contributed by atoms with van der Waals surface area (Å²) in [6, 6.07) is 17.9. The van der Waals surface area contributed by atoms with Gasteiger partial charge in [0.05, 0.1) is 5.02 Å². The maximum atomic E-state index is 12.2. The molecule has 1 heterocycles. The lowest BCUT2D eigenvalue weighted by Crippen LogP contribution is -2.25. The minimum absolute atomic E-state index is 0.0999. The third kappa shape index (κ3) is 3.09. The van der Waals surface area contributed by atoms with Crippen molar-refractivity contribution in [2.75, 3.05) is 6.54 Å². The summed E-state index contributed by atoms with van der Waals surface area (Å²) in [5, 5.41) is 4.43. The SMILES string of the molecule is O=C(NCCc1ccccc1)c1sc2ccccc2c1Cl. The Hall–Kier alpha value is -1.84. The predicted molar refractivity (Wildman–Crippen MR) is 89.3 cm³/mol. The number of hydrogen-bond acceptors (Lipinski definition) is 2. The quantitative estimate of drug-likeness (QED) is 0.753. The third-order valence-electron chi connectivity index (χ3n) is 3.28. The van der Waals surface area contributed by atoms with Gasteiger partial charge in [0.1, 0.15) is 4.88 Å². The molecule has 0 aliphatic heterocycles. The molecule has 0 radical (unpaired) electrons. The van der Waals surface area contributed by atoms with Gasteiger partial charge in [-0.25, -0.2) is 0 Å². The van der Waals surface area contributed by atoms with Crippen molar-refractivity contribution >= 4 is 38.9 Å². The van der Waals surface area contributed by atoms with E-state index in [2.05, 4.69) is 17.4 Å². The topological polar surface area (TPSA) is 29.1 Å². The van der Waals surface area contributed by atoms with E-state index in [9.17, 15) is 4.79 Å². The van der Waals surface area contributed by atoms with Crippen LogP contribution in [0, 0.1) is 0 Å². The van der Waals surface area contributed by atoms with E-state index in [-0.39, 0.29) is 5.91 Å². The molecule has 0 spiro atoms. The van der Waals surface area contributed by atoms with Crippen molar-refractivity contribution in [3.63, 3.8) is 0 Å². The van der Waals surface area contributed by atoms with Gasteiger partial charge in [-0.1, -0.05) is 60.1 Å². The van der Waals surface area contributed by atoms with E-state index in [4.69, 9.17) is 11.6 Å². The zero-order chi connectivity index (χ0) is 14.7. The second-order valence-electron chi connectivity index (χ2n) is 4.73. The lowest BCUT2D eigenvalue weighted by atomic mass is 10.1. The van der Waals surface area contributed by atoms with Gasteiger partial charge in [0.25, 0.3) is 5.91 Å². The van der Waals surface area contributed by atoms with Crippen LogP contribution in [0.4, 0.5) is 0 Å². The molecule has 4 heteroatoms. The Kier molecular flexibility index (Phi) is 4.23. The summed E-state index contributed by atoms with van der Waals surface area (Å²) in [5.41, 5.74) is 1.21. The number of benzene rings is 2. The molecule has 106 valence electrons. The first kappa shape index (κ1) is 14.1. The molecule has 1 amide bonds. The molecule has 3 aromatic rings. The summed E-state index contributed by atoms with van der Waals surface area (Å²) >= 11 is 7.73. The number of amides is 1. The highest BCUT2D eigenvalue weighted by atomic mass is 35.5. The van der Waals surface area contributed by atoms with Gasteiger partial charge in [-0.05, 0) is 18.1 Å². The molecule has 2 nitrogen and oxygen atoms in total. The fraction of sp³-hybridized carbons (Fsp3) is 0.118. The number of carbonyl (C=O) groups is 1. The van der Waals surface area contributed by atoms with Gasteiger partial charge in [0.15, 0.2) is 0 Å². The van der Waals surface area contributed by atoms with Gasteiger partial charge in [0.2, 0.25) is 0 Å². The predicted octanol–water partition coefficient (Wildman–Crippen LogP) is 4.53. The molecule has 21 heavy (non-hydrogen) atoms. The van der Waals surface area contributed by atoms with Crippen molar-refractivity contribution < 1.29 is 4.79 Å². The van der Waals surface area contributed by atoms with Gasteiger partial charge >= 0.3 is 0 Å². The molecule has 2 aromatic carbocycles. The minimum atomic E-state index is -0.0999. The summed E-state index contributed by atoms with van der Waals surface area (Å²) in [4.78, 5) is 12.8. The fourth-order valence-electron chi connectivity index (χ4n) is 2.21. The van der Waals surface area contributed by atoms with E-state index in [1.807, 2.05) is 42.5 Å². The van der Waals surface area contributed by atoms with Crippen LogP contribution in [0.15, 0.2) is 54.6 Å². The lowest BCUT2D eigenvalue weighted by molar-refractivity contribution is 0.0958. The Morgan fingerprint density at radius 3 is 2.52 bits per heavy atom. The second kappa shape index (κ2) is 6.29. The number of thiophene rings is 1. The van der Waals surface area contributed by atoms with Crippen molar-refractivity contribution in [1.82, 2.24) is 5.32 Å². The van der Waals surface area contributed by atoms with E-state index >= 15 is 0 Å². The van der Waals surface area contributed by atoms with Crippen molar-refractivity contribution in [1.29, 1.82) is 0 Å². The maximum Gasteiger partial charge on any atom is 0.262 e. The molecule has 0 aliphatic carbocycles. The normalized spacial score (nSPS) is 10.7. The lowest BCUT2D eigenvalue weighted by Gasteiger charge is -2.04. The molecule has 1 aromatic heterocycles. The van der Waals surface area contributed by atoms with Crippen LogP contribution in [0.1, 0.15) is 15.2 Å². The molecular formula is C17H14ClNOS. The van der Waals surface area contributed by atoms with Crippen LogP contribution < -0.4 is 5.32 Å². The zero-order valence-corrected chi connectivity index (χ0v) is 12.9. The first-order chi connectivity index (χ1) is 10.3. The molecule has 0 atom stereocenters. The van der Waals surface area contributed by atoms with Crippen LogP contribution in [0.3, 0.4) is 0 Å². The van der Waals surface area contributed by atoms with Crippen molar-refractivity contribution in [2.24, 2.45) is 0 Å². The number of rotatable bonds is 4. The van der Waals surface area contributed by atoms with Crippen LogP contribution in [-0.2, 0) is 6.42 Å². The summed E-state index contributed by atoms with van der Waals surface area (Å²) in [7, 11) is 0. The maximum absolute atomic E-state index is 12.2. The van der Waals surface area contributed by atoms with Crippen LogP contribution in [0.2, 0.25) is 5.02 Å². The van der Waals surface area contributed by atoms with Gasteiger partial charge in [0, 0.05) is 16.6 Å². The number of carbonyl (C=O) groups excluding carboxylic acids is 1. The minimum Gasteiger partial charge on any atom is -0.351 e. The Morgan fingerprint density at radius 1 is 1.05 bits per heavy atom. The monoisotopic (exact) mass is 315 g/mol.